The molecule has 0 bridgehead atoms. The Labute approximate surface area is 164 Å². The van der Waals surface area contributed by atoms with Crippen molar-refractivity contribution < 1.29 is 23.4 Å². The number of carbonyl (C=O) groups excluding carboxylic acids is 1. The average Bonchev–Trinajstić information content (AvgIpc) is 2.71. The smallest absolute Gasteiger partial charge is 0.318 e. The van der Waals surface area contributed by atoms with Crippen LogP contribution in [-0.4, -0.2) is 44.3 Å². The monoisotopic (exact) mass is 388 g/mol. The van der Waals surface area contributed by atoms with Gasteiger partial charge in [0, 0.05) is 13.1 Å². The number of methoxy groups -OCH3 is 2. The molecule has 150 valence electrons. The Hall–Kier alpha value is -2.96. The lowest BCUT2D eigenvalue weighted by molar-refractivity contribution is 0.182. The number of rotatable bonds is 6. The molecule has 2 aromatic rings. The Balaban J connectivity index is 1.55. The quantitative estimate of drug-likeness (QED) is 0.824. The minimum absolute atomic E-state index is 0.143. The summed E-state index contributed by atoms with van der Waals surface area (Å²) in [4.78, 5) is 14.4. The predicted octanol–water partition coefficient (Wildman–Crippen LogP) is 3.38. The normalized spacial score (nSPS) is 14.1. The summed E-state index contributed by atoms with van der Waals surface area (Å²) in [5, 5.41) is 2.95. The first-order valence-corrected chi connectivity index (χ1v) is 9.17. The molecule has 0 spiro atoms. The van der Waals surface area contributed by atoms with Crippen LogP contribution in [0.15, 0.2) is 36.4 Å². The SMILES string of the molecule is COc1cc2c(cc1OC)CN(C(=O)NC(C)COc1ccc(F)cc1)CC2. The summed E-state index contributed by atoms with van der Waals surface area (Å²) >= 11 is 0. The maximum atomic E-state index is 12.9. The van der Waals surface area contributed by atoms with E-state index in [1.807, 2.05) is 19.1 Å². The maximum absolute atomic E-state index is 12.9. The van der Waals surface area contributed by atoms with Gasteiger partial charge in [0.05, 0.1) is 20.3 Å². The zero-order valence-electron chi connectivity index (χ0n) is 16.3. The average molecular weight is 388 g/mol. The van der Waals surface area contributed by atoms with E-state index in [-0.39, 0.29) is 17.9 Å². The van der Waals surface area contributed by atoms with E-state index < -0.39 is 0 Å². The van der Waals surface area contributed by atoms with Gasteiger partial charge in [0.25, 0.3) is 0 Å². The van der Waals surface area contributed by atoms with E-state index in [1.54, 1.807) is 31.3 Å². The molecule has 1 aliphatic rings. The summed E-state index contributed by atoms with van der Waals surface area (Å²) in [6, 6.07) is 9.37. The van der Waals surface area contributed by atoms with Crippen LogP contribution in [0.4, 0.5) is 9.18 Å². The number of fused-ring (bicyclic) bond motifs is 1. The first-order valence-electron chi connectivity index (χ1n) is 9.17. The van der Waals surface area contributed by atoms with Crippen LogP contribution in [0.25, 0.3) is 0 Å². The molecule has 0 saturated carbocycles. The van der Waals surface area contributed by atoms with Crippen molar-refractivity contribution in [2.75, 3.05) is 27.4 Å². The lowest BCUT2D eigenvalue weighted by Crippen LogP contribution is -2.47. The van der Waals surface area contributed by atoms with Gasteiger partial charge in [0.1, 0.15) is 18.2 Å². The molecule has 0 fully saturated rings. The second-order valence-corrected chi connectivity index (χ2v) is 6.76. The van der Waals surface area contributed by atoms with E-state index >= 15 is 0 Å². The Morgan fingerprint density at radius 3 is 2.43 bits per heavy atom. The van der Waals surface area contributed by atoms with Crippen LogP contribution < -0.4 is 19.5 Å². The van der Waals surface area contributed by atoms with Gasteiger partial charge in [-0.15, -0.1) is 0 Å². The van der Waals surface area contributed by atoms with E-state index in [2.05, 4.69) is 5.32 Å². The molecule has 1 N–H and O–H groups in total. The topological polar surface area (TPSA) is 60.0 Å². The number of hydrogen-bond acceptors (Lipinski definition) is 4. The van der Waals surface area contributed by atoms with Crippen molar-refractivity contribution in [1.29, 1.82) is 0 Å². The van der Waals surface area contributed by atoms with Crippen LogP contribution in [0.2, 0.25) is 0 Å². The van der Waals surface area contributed by atoms with Crippen LogP contribution in [0.3, 0.4) is 0 Å². The third-order valence-corrected chi connectivity index (χ3v) is 4.69. The largest absolute Gasteiger partial charge is 0.493 e. The van der Waals surface area contributed by atoms with Gasteiger partial charge in [0.2, 0.25) is 0 Å². The van der Waals surface area contributed by atoms with Crippen molar-refractivity contribution in [1.82, 2.24) is 10.2 Å². The van der Waals surface area contributed by atoms with Crippen LogP contribution in [-0.2, 0) is 13.0 Å². The van der Waals surface area contributed by atoms with Crippen molar-refractivity contribution in [2.24, 2.45) is 0 Å². The lowest BCUT2D eigenvalue weighted by Gasteiger charge is -2.30. The lowest BCUT2D eigenvalue weighted by atomic mass is 9.99. The number of urea groups is 1. The Morgan fingerprint density at radius 1 is 1.14 bits per heavy atom. The molecular weight excluding hydrogens is 363 g/mol. The summed E-state index contributed by atoms with van der Waals surface area (Å²) in [6.07, 6.45) is 0.754. The van der Waals surface area contributed by atoms with Crippen molar-refractivity contribution >= 4 is 6.03 Å². The molecular formula is C21H25FN2O4. The second kappa shape index (κ2) is 8.82. The zero-order chi connectivity index (χ0) is 20.1. The minimum Gasteiger partial charge on any atom is -0.493 e. The molecule has 0 aromatic heterocycles. The standard InChI is InChI=1S/C21H25FN2O4/c1-14(13-28-18-6-4-17(22)5-7-18)23-21(25)24-9-8-15-10-19(26-2)20(27-3)11-16(15)12-24/h4-7,10-11,14H,8-9,12-13H2,1-3H3,(H,23,25). The van der Waals surface area contributed by atoms with Gasteiger partial charge >= 0.3 is 6.03 Å². The Morgan fingerprint density at radius 2 is 1.79 bits per heavy atom. The predicted molar refractivity (Wildman–Crippen MR) is 104 cm³/mol. The molecule has 2 amide bonds. The van der Waals surface area contributed by atoms with Gasteiger partial charge in [-0.25, -0.2) is 9.18 Å². The zero-order valence-corrected chi connectivity index (χ0v) is 16.3. The molecule has 3 rings (SSSR count). The molecule has 0 radical (unpaired) electrons. The highest BCUT2D eigenvalue weighted by atomic mass is 19.1. The summed E-state index contributed by atoms with van der Waals surface area (Å²) in [5.74, 6) is 1.61. The highest BCUT2D eigenvalue weighted by Gasteiger charge is 2.23. The van der Waals surface area contributed by atoms with Gasteiger partial charge in [-0.3, -0.25) is 0 Å². The van der Waals surface area contributed by atoms with Gasteiger partial charge < -0.3 is 24.4 Å². The molecule has 7 heteroatoms. The number of amides is 2. The van der Waals surface area contributed by atoms with E-state index in [9.17, 15) is 9.18 Å². The van der Waals surface area contributed by atoms with E-state index in [4.69, 9.17) is 14.2 Å². The van der Waals surface area contributed by atoms with Gasteiger partial charge in [-0.05, 0) is 60.9 Å². The Kier molecular flexibility index (Phi) is 6.23. The van der Waals surface area contributed by atoms with Gasteiger partial charge in [-0.2, -0.15) is 0 Å². The highest BCUT2D eigenvalue weighted by molar-refractivity contribution is 5.75. The van der Waals surface area contributed by atoms with Gasteiger partial charge in [-0.1, -0.05) is 0 Å². The number of hydrogen-bond donors (Lipinski definition) is 1. The van der Waals surface area contributed by atoms with Gasteiger partial charge in [0.15, 0.2) is 11.5 Å². The van der Waals surface area contributed by atoms with E-state index in [1.165, 1.54) is 12.1 Å². The molecule has 1 heterocycles. The Bertz CT molecular complexity index is 826. The maximum Gasteiger partial charge on any atom is 0.318 e. The molecule has 1 unspecified atom stereocenters. The fourth-order valence-electron chi connectivity index (χ4n) is 3.15. The van der Waals surface area contributed by atoms with Crippen LogP contribution >= 0.6 is 0 Å². The van der Waals surface area contributed by atoms with Crippen molar-refractivity contribution in [3.63, 3.8) is 0 Å². The molecule has 1 atom stereocenters. The van der Waals surface area contributed by atoms with Crippen LogP contribution in [0.5, 0.6) is 17.2 Å². The first kappa shape index (κ1) is 19.8. The fraction of sp³-hybridized carbons (Fsp3) is 0.381. The molecule has 1 aliphatic heterocycles. The second-order valence-electron chi connectivity index (χ2n) is 6.76. The molecule has 0 aliphatic carbocycles. The van der Waals surface area contributed by atoms with Crippen molar-refractivity contribution in [2.45, 2.75) is 25.9 Å². The number of ether oxygens (including phenoxy) is 3. The van der Waals surface area contributed by atoms with Crippen molar-refractivity contribution in [3.05, 3.63) is 53.3 Å². The number of nitrogens with one attached hydrogen (secondary N) is 1. The summed E-state index contributed by atoms with van der Waals surface area (Å²) in [7, 11) is 3.21. The van der Waals surface area contributed by atoms with E-state index in [0.717, 1.165) is 17.5 Å². The summed E-state index contributed by atoms with van der Waals surface area (Å²) < 4.78 is 29.2. The number of halogens is 1. The van der Waals surface area contributed by atoms with E-state index in [0.29, 0.717) is 36.9 Å². The third kappa shape index (κ3) is 4.65. The number of nitrogens with zero attached hydrogens (tertiary/aromatic N) is 1. The summed E-state index contributed by atoms with van der Waals surface area (Å²) in [6.45, 7) is 3.30. The number of benzene rings is 2. The summed E-state index contributed by atoms with van der Waals surface area (Å²) in [5.41, 5.74) is 2.21. The molecule has 6 nitrogen and oxygen atoms in total. The highest BCUT2D eigenvalue weighted by Crippen LogP contribution is 2.33. The van der Waals surface area contributed by atoms with Crippen molar-refractivity contribution in [3.8, 4) is 17.2 Å². The molecule has 0 saturated heterocycles. The third-order valence-electron chi connectivity index (χ3n) is 4.69. The number of carbonyl (C=O) groups is 1. The fourth-order valence-corrected chi connectivity index (χ4v) is 3.15. The minimum atomic E-state index is -0.312. The van der Waals surface area contributed by atoms with Crippen LogP contribution in [0.1, 0.15) is 18.1 Å². The molecule has 28 heavy (non-hydrogen) atoms. The molecule has 2 aromatic carbocycles. The first-order chi connectivity index (χ1) is 13.5. The van der Waals surface area contributed by atoms with Crippen LogP contribution in [0, 0.1) is 5.82 Å².